The van der Waals surface area contributed by atoms with Gasteiger partial charge in [0.1, 0.15) is 0 Å². The average Bonchev–Trinajstić information content (AvgIpc) is 2.94. The molecule has 0 fully saturated rings. The van der Waals surface area contributed by atoms with Gasteiger partial charge in [0.2, 0.25) is 5.65 Å². The second-order valence-corrected chi connectivity index (χ2v) is 4.45. The molecule has 0 unspecified atom stereocenters. The second-order valence-electron chi connectivity index (χ2n) is 4.45. The zero-order valence-electron chi connectivity index (χ0n) is 9.88. The van der Waals surface area contributed by atoms with Crippen molar-refractivity contribution in [3.8, 4) is 11.3 Å². The molecule has 4 rings (SSSR count). The number of halogens is 1. The number of hydrogen-bond acceptors (Lipinski definition) is 3. The number of nitrogens with two attached hydrogens (primary N) is 1. The quantitative estimate of drug-likeness (QED) is 0.478. The highest BCUT2D eigenvalue weighted by molar-refractivity contribution is 5.85. The van der Waals surface area contributed by atoms with Gasteiger partial charge in [0.25, 0.3) is 5.56 Å². The van der Waals surface area contributed by atoms with Gasteiger partial charge >= 0.3 is 0 Å². The van der Waals surface area contributed by atoms with Crippen LogP contribution < -0.4 is 11.3 Å². The number of nitrogens with one attached hydrogen (secondary N) is 1. The number of hydrogen-bond donors (Lipinski definition) is 2. The summed E-state index contributed by atoms with van der Waals surface area (Å²) < 4.78 is 1.84. The summed E-state index contributed by atoms with van der Waals surface area (Å²) in [6.07, 6.45) is 4.17. The third-order valence-corrected chi connectivity index (χ3v) is 3.49. The van der Waals surface area contributed by atoms with Crippen LogP contribution in [0.4, 0.5) is 5.69 Å². The molecule has 1 aromatic carbocycles. The van der Waals surface area contributed by atoms with E-state index in [-0.39, 0.29) is 18.0 Å². The van der Waals surface area contributed by atoms with Gasteiger partial charge in [-0.3, -0.25) is 9.20 Å². The lowest BCUT2D eigenvalue weighted by Crippen LogP contribution is -2.13. The molecule has 5 nitrogen and oxygen atoms in total. The molecule has 3 N–H and O–H groups in total. The van der Waals surface area contributed by atoms with E-state index in [9.17, 15) is 4.79 Å². The van der Waals surface area contributed by atoms with Crippen LogP contribution in [0.25, 0.3) is 16.9 Å². The maximum absolute atomic E-state index is 11.9. The Morgan fingerprint density at radius 2 is 2.21 bits per heavy atom. The van der Waals surface area contributed by atoms with Crippen molar-refractivity contribution in [2.75, 3.05) is 5.73 Å². The van der Waals surface area contributed by atoms with Crippen LogP contribution in [0.5, 0.6) is 0 Å². The Kier molecular flexibility index (Phi) is 2.40. The molecule has 1 aliphatic carbocycles. The van der Waals surface area contributed by atoms with E-state index in [1.807, 2.05) is 28.8 Å². The fourth-order valence-corrected chi connectivity index (χ4v) is 2.65. The van der Waals surface area contributed by atoms with E-state index in [2.05, 4.69) is 9.97 Å². The fourth-order valence-electron chi connectivity index (χ4n) is 2.65. The van der Waals surface area contributed by atoms with Gasteiger partial charge in [-0.15, -0.1) is 12.4 Å². The molecule has 96 valence electrons. The first-order valence-electron chi connectivity index (χ1n) is 5.71. The number of rotatable bonds is 0. The van der Waals surface area contributed by atoms with Crippen molar-refractivity contribution in [2.24, 2.45) is 0 Å². The lowest BCUT2D eigenvalue weighted by Gasteiger charge is -2.03. The molecule has 2 aromatic heterocycles. The lowest BCUT2D eigenvalue weighted by molar-refractivity contribution is 1.00. The first-order valence-corrected chi connectivity index (χ1v) is 5.71. The smallest absolute Gasteiger partial charge is 0.292 e. The summed E-state index contributed by atoms with van der Waals surface area (Å²) in [6.45, 7) is 0. The summed E-state index contributed by atoms with van der Waals surface area (Å²) >= 11 is 0. The minimum absolute atomic E-state index is 0. The minimum Gasteiger partial charge on any atom is -0.398 e. The Labute approximate surface area is 114 Å². The first kappa shape index (κ1) is 11.8. The van der Waals surface area contributed by atoms with E-state index in [1.54, 1.807) is 6.20 Å². The van der Waals surface area contributed by atoms with Crippen LogP contribution in [0, 0.1) is 0 Å². The SMILES string of the molecule is Cl.Nc1cccc2c1Cc1c-2[nH]c(=O)c2nccn12. The minimum atomic E-state index is -0.172. The van der Waals surface area contributed by atoms with E-state index >= 15 is 0 Å². The third-order valence-electron chi connectivity index (χ3n) is 3.49. The summed E-state index contributed by atoms with van der Waals surface area (Å²) in [7, 11) is 0. The summed E-state index contributed by atoms with van der Waals surface area (Å²) in [5, 5.41) is 0. The van der Waals surface area contributed by atoms with Crippen molar-refractivity contribution in [1.82, 2.24) is 14.4 Å². The standard InChI is InChI=1S/C13H10N4O.ClH/c14-9-3-1-2-7-8(9)6-10-11(7)16-13(18)12-15-4-5-17(10)12;/h1-5H,6,14H2,(H,16,18);1H. The van der Waals surface area contributed by atoms with Crippen LogP contribution in [0.1, 0.15) is 11.3 Å². The Balaban J connectivity index is 0.00000110. The van der Waals surface area contributed by atoms with Gasteiger partial charge < -0.3 is 10.7 Å². The third kappa shape index (κ3) is 1.42. The van der Waals surface area contributed by atoms with Crippen molar-refractivity contribution in [3.63, 3.8) is 0 Å². The number of benzene rings is 1. The van der Waals surface area contributed by atoms with Gasteiger partial charge in [-0.2, -0.15) is 0 Å². The molecule has 19 heavy (non-hydrogen) atoms. The van der Waals surface area contributed by atoms with Gasteiger partial charge in [-0.25, -0.2) is 4.98 Å². The number of aromatic nitrogens is 3. The predicted molar refractivity (Wildman–Crippen MR) is 75.7 cm³/mol. The van der Waals surface area contributed by atoms with Gasteiger partial charge in [-0.05, 0) is 11.6 Å². The summed E-state index contributed by atoms with van der Waals surface area (Å²) in [5.74, 6) is 0. The topological polar surface area (TPSA) is 76.2 Å². The lowest BCUT2D eigenvalue weighted by atomic mass is 10.1. The summed E-state index contributed by atoms with van der Waals surface area (Å²) in [5.41, 5.74) is 11.0. The molecule has 3 aromatic rings. The van der Waals surface area contributed by atoms with Crippen LogP contribution in [0.15, 0.2) is 35.4 Å². The van der Waals surface area contributed by atoms with E-state index in [0.29, 0.717) is 5.65 Å². The molecule has 0 spiro atoms. The van der Waals surface area contributed by atoms with E-state index in [4.69, 9.17) is 5.73 Å². The molecule has 1 aliphatic rings. The summed E-state index contributed by atoms with van der Waals surface area (Å²) in [6, 6.07) is 5.77. The Hall–Kier alpha value is -2.27. The molecule has 0 aliphatic heterocycles. The number of imidazole rings is 1. The number of fused-ring (bicyclic) bond motifs is 5. The number of H-pyrrole nitrogens is 1. The monoisotopic (exact) mass is 274 g/mol. The van der Waals surface area contributed by atoms with Crippen LogP contribution >= 0.6 is 12.4 Å². The predicted octanol–water partition coefficient (Wildman–Crippen LogP) is 1.60. The van der Waals surface area contributed by atoms with Crippen LogP contribution in [-0.4, -0.2) is 14.4 Å². The highest BCUT2D eigenvalue weighted by atomic mass is 35.5. The summed E-state index contributed by atoms with van der Waals surface area (Å²) in [4.78, 5) is 18.9. The highest BCUT2D eigenvalue weighted by Gasteiger charge is 2.24. The largest absolute Gasteiger partial charge is 0.398 e. The molecule has 0 atom stereocenters. The van der Waals surface area contributed by atoms with Crippen molar-refractivity contribution in [3.05, 3.63) is 52.2 Å². The molecule has 6 heteroatoms. The van der Waals surface area contributed by atoms with Crippen molar-refractivity contribution in [2.45, 2.75) is 6.42 Å². The van der Waals surface area contributed by atoms with Gasteiger partial charge in [0.05, 0.1) is 11.4 Å². The van der Waals surface area contributed by atoms with Crippen LogP contribution in [0.2, 0.25) is 0 Å². The number of aromatic amines is 1. The molecular weight excluding hydrogens is 264 g/mol. The molecular formula is C13H11ClN4O. The molecule has 0 saturated heterocycles. The van der Waals surface area contributed by atoms with Crippen molar-refractivity contribution < 1.29 is 0 Å². The molecule has 2 heterocycles. The molecule has 0 amide bonds. The first-order chi connectivity index (χ1) is 8.75. The van der Waals surface area contributed by atoms with Gasteiger partial charge in [0.15, 0.2) is 0 Å². The van der Waals surface area contributed by atoms with E-state index in [0.717, 1.165) is 34.6 Å². The Morgan fingerprint density at radius 3 is 3.05 bits per heavy atom. The van der Waals surface area contributed by atoms with Crippen LogP contribution in [0.3, 0.4) is 0 Å². The van der Waals surface area contributed by atoms with Crippen molar-refractivity contribution >= 4 is 23.7 Å². The van der Waals surface area contributed by atoms with Gasteiger partial charge in [0, 0.05) is 30.1 Å². The highest BCUT2D eigenvalue weighted by Crippen LogP contribution is 2.37. The van der Waals surface area contributed by atoms with Crippen LogP contribution in [-0.2, 0) is 6.42 Å². The Morgan fingerprint density at radius 1 is 1.37 bits per heavy atom. The number of nitrogen functional groups attached to an aromatic ring is 1. The zero-order chi connectivity index (χ0) is 12.3. The van der Waals surface area contributed by atoms with Gasteiger partial charge in [-0.1, -0.05) is 12.1 Å². The fraction of sp³-hybridized carbons (Fsp3) is 0.0769. The molecule has 0 saturated carbocycles. The normalized spacial score (nSPS) is 12.0. The maximum atomic E-state index is 11.9. The maximum Gasteiger partial charge on any atom is 0.292 e. The number of nitrogens with zero attached hydrogens (tertiary/aromatic N) is 2. The average molecular weight is 275 g/mol. The van der Waals surface area contributed by atoms with E-state index < -0.39 is 0 Å². The van der Waals surface area contributed by atoms with Crippen molar-refractivity contribution in [1.29, 1.82) is 0 Å². The molecule has 0 bridgehead atoms. The zero-order valence-corrected chi connectivity index (χ0v) is 10.7. The van der Waals surface area contributed by atoms with E-state index in [1.165, 1.54) is 0 Å². The molecule has 0 radical (unpaired) electrons. The second kappa shape index (κ2) is 3.86. The Bertz CT molecular complexity index is 849. The number of anilines is 1.